The fraction of sp³-hybridized carbons (Fsp3) is 0.444. The number of aromatic nitrogens is 2. The molecule has 0 fully saturated rings. The van der Waals surface area contributed by atoms with Gasteiger partial charge in [0.2, 0.25) is 0 Å². The molecule has 3 heteroatoms. The molecule has 0 saturated heterocycles. The first kappa shape index (κ1) is 8.82. The van der Waals surface area contributed by atoms with E-state index in [-0.39, 0.29) is 0 Å². The van der Waals surface area contributed by atoms with Crippen molar-refractivity contribution in [1.29, 1.82) is 0 Å². The van der Waals surface area contributed by atoms with E-state index < -0.39 is 0 Å². The molecule has 0 bridgehead atoms. The van der Waals surface area contributed by atoms with E-state index in [0.717, 1.165) is 13.1 Å². The molecule has 0 unspecified atom stereocenters. The number of nitrogens with one attached hydrogen (secondary N) is 1. The smallest absolute Gasteiger partial charge is 0.0576 e. The van der Waals surface area contributed by atoms with Gasteiger partial charge in [-0.2, -0.15) is 5.10 Å². The number of terminal acetylenes is 1. The SMILES string of the molecule is C#CCNCc1cnn(CC)c1. The van der Waals surface area contributed by atoms with Crippen molar-refractivity contribution >= 4 is 0 Å². The molecule has 0 atom stereocenters. The van der Waals surface area contributed by atoms with Crippen molar-refractivity contribution in [3.63, 3.8) is 0 Å². The normalized spacial score (nSPS) is 9.67. The molecular formula is C9H13N3. The summed E-state index contributed by atoms with van der Waals surface area (Å²) in [6.45, 7) is 4.38. The van der Waals surface area contributed by atoms with Crippen LogP contribution < -0.4 is 5.32 Å². The molecule has 0 aliphatic rings. The minimum Gasteiger partial charge on any atom is -0.302 e. The lowest BCUT2D eigenvalue weighted by molar-refractivity contribution is 0.658. The van der Waals surface area contributed by atoms with Gasteiger partial charge in [0.25, 0.3) is 0 Å². The zero-order chi connectivity index (χ0) is 8.81. The Bertz CT molecular complexity index is 270. The molecule has 3 nitrogen and oxygen atoms in total. The van der Waals surface area contributed by atoms with E-state index in [1.54, 1.807) is 0 Å². The van der Waals surface area contributed by atoms with Gasteiger partial charge in [0.15, 0.2) is 0 Å². The van der Waals surface area contributed by atoms with E-state index in [2.05, 4.69) is 23.3 Å². The molecule has 0 amide bonds. The standard InChI is InChI=1S/C9H13N3/c1-3-5-10-6-9-7-11-12(4-2)8-9/h1,7-8,10H,4-6H2,2H3. The lowest BCUT2D eigenvalue weighted by Crippen LogP contribution is -2.12. The van der Waals surface area contributed by atoms with Gasteiger partial charge in [-0.3, -0.25) is 4.68 Å². The van der Waals surface area contributed by atoms with Crippen LogP contribution in [0, 0.1) is 12.3 Å². The number of hydrogen-bond acceptors (Lipinski definition) is 2. The fourth-order valence-electron chi connectivity index (χ4n) is 0.950. The predicted octanol–water partition coefficient (Wildman–Crippen LogP) is 0.626. The molecule has 0 aromatic carbocycles. The van der Waals surface area contributed by atoms with E-state index in [1.165, 1.54) is 5.56 Å². The van der Waals surface area contributed by atoms with Gasteiger partial charge >= 0.3 is 0 Å². The second-order valence-corrected chi connectivity index (χ2v) is 2.51. The Kier molecular flexibility index (Phi) is 3.36. The summed E-state index contributed by atoms with van der Waals surface area (Å²) in [5.41, 5.74) is 1.17. The van der Waals surface area contributed by atoms with Crippen LogP contribution in [0.25, 0.3) is 0 Å². The van der Waals surface area contributed by atoms with Gasteiger partial charge in [-0.15, -0.1) is 6.42 Å². The van der Waals surface area contributed by atoms with Crippen molar-refractivity contribution in [1.82, 2.24) is 15.1 Å². The zero-order valence-electron chi connectivity index (χ0n) is 7.25. The van der Waals surface area contributed by atoms with Crippen molar-refractivity contribution in [2.24, 2.45) is 0 Å². The van der Waals surface area contributed by atoms with Crippen LogP contribution in [0.3, 0.4) is 0 Å². The summed E-state index contributed by atoms with van der Waals surface area (Å²) in [7, 11) is 0. The van der Waals surface area contributed by atoms with Crippen molar-refractivity contribution in [3.8, 4) is 12.3 Å². The van der Waals surface area contributed by atoms with Crippen LogP contribution >= 0.6 is 0 Å². The minimum atomic E-state index is 0.608. The van der Waals surface area contributed by atoms with Crippen molar-refractivity contribution in [2.75, 3.05) is 6.54 Å². The summed E-state index contributed by atoms with van der Waals surface area (Å²) in [6, 6.07) is 0. The summed E-state index contributed by atoms with van der Waals surface area (Å²) in [5.74, 6) is 2.52. The van der Waals surface area contributed by atoms with Crippen molar-refractivity contribution < 1.29 is 0 Å². The molecule has 1 aromatic rings. The van der Waals surface area contributed by atoms with E-state index in [0.29, 0.717) is 6.54 Å². The molecule has 0 saturated carbocycles. The molecule has 0 aliphatic carbocycles. The quantitative estimate of drug-likeness (QED) is 0.521. The molecular weight excluding hydrogens is 150 g/mol. The van der Waals surface area contributed by atoms with Gasteiger partial charge in [0.1, 0.15) is 0 Å². The van der Waals surface area contributed by atoms with E-state index in [1.807, 2.05) is 17.1 Å². The molecule has 1 rings (SSSR count). The van der Waals surface area contributed by atoms with Gasteiger partial charge in [-0.25, -0.2) is 0 Å². The van der Waals surface area contributed by atoms with Crippen LogP contribution in [0.15, 0.2) is 12.4 Å². The molecule has 0 aliphatic heterocycles. The van der Waals surface area contributed by atoms with Gasteiger partial charge in [0, 0.05) is 24.8 Å². The third kappa shape index (κ3) is 2.40. The molecule has 64 valence electrons. The lowest BCUT2D eigenvalue weighted by Gasteiger charge is -1.95. The van der Waals surface area contributed by atoms with Gasteiger partial charge in [-0.05, 0) is 6.92 Å². The van der Waals surface area contributed by atoms with E-state index in [4.69, 9.17) is 6.42 Å². The van der Waals surface area contributed by atoms with Gasteiger partial charge in [-0.1, -0.05) is 5.92 Å². The maximum atomic E-state index is 5.09. The maximum Gasteiger partial charge on any atom is 0.0576 e. The number of nitrogens with zero attached hydrogens (tertiary/aromatic N) is 2. The van der Waals surface area contributed by atoms with Crippen molar-refractivity contribution in [3.05, 3.63) is 18.0 Å². The Morgan fingerprint density at radius 1 is 1.75 bits per heavy atom. The zero-order valence-corrected chi connectivity index (χ0v) is 7.25. The van der Waals surface area contributed by atoms with Crippen LogP contribution in [0.4, 0.5) is 0 Å². The Morgan fingerprint density at radius 3 is 3.17 bits per heavy atom. The highest BCUT2D eigenvalue weighted by Crippen LogP contribution is 1.95. The molecule has 12 heavy (non-hydrogen) atoms. The predicted molar refractivity (Wildman–Crippen MR) is 48.4 cm³/mol. The second kappa shape index (κ2) is 4.58. The summed E-state index contributed by atoms with van der Waals surface area (Å²) >= 11 is 0. The largest absolute Gasteiger partial charge is 0.302 e. The van der Waals surface area contributed by atoms with Gasteiger partial charge in [0.05, 0.1) is 12.7 Å². The van der Waals surface area contributed by atoms with Crippen molar-refractivity contribution in [2.45, 2.75) is 20.0 Å². The first-order chi connectivity index (χ1) is 5.86. The van der Waals surface area contributed by atoms with Gasteiger partial charge < -0.3 is 5.32 Å². The fourth-order valence-corrected chi connectivity index (χ4v) is 0.950. The first-order valence-corrected chi connectivity index (χ1v) is 4.02. The lowest BCUT2D eigenvalue weighted by atomic mass is 10.3. The second-order valence-electron chi connectivity index (χ2n) is 2.51. The maximum absolute atomic E-state index is 5.09. The Morgan fingerprint density at radius 2 is 2.58 bits per heavy atom. The highest BCUT2D eigenvalue weighted by Gasteiger charge is 1.94. The Labute approximate surface area is 72.8 Å². The monoisotopic (exact) mass is 163 g/mol. The average molecular weight is 163 g/mol. The third-order valence-corrected chi connectivity index (χ3v) is 1.57. The highest BCUT2D eigenvalue weighted by atomic mass is 15.3. The molecule has 1 heterocycles. The minimum absolute atomic E-state index is 0.608. The summed E-state index contributed by atoms with van der Waals surface area (Å²) in [4.78, 5) is 0. The highest BCUT2D eigenvalue weighted by molar-refractivity contribution is 5.03. The summed E-state index contributed by atoms with van der Waals surface area (Å²) < 4.78 is 1.90. The molecule has 0 spiro atoms. The molecule has 1 aromatic heterocycles. The van der Waals surface area contributed by atoms with Crippen LogP contribution in [-0.2, 0) is 13.1 Å². The number of rotatable bonds is 4. The Hall–Kier alpha value is -1.27. The van der Waals surface area contributed by atoms with Crippen LogP contribution in [0.1, 0.15) is 12.5 Å². The summed E-state index contributed by atoms with van der Waals surface area (Å²) in [6.07, 6.45) is 8.96. The molecule has 1 N–H and O–H groups in total. The van der Waals surface area contributed by atoms with Crippen LogP contribution in [0.2, 0.25) is 0 Å². The Balaban J connectivity index is 2.37. The van der Waals surface area contributed by atoms with Crippen LogP contribution in [0.5, 0.6) is 0 Å². The third-order valence-electron chi connectivity index (χ3n) is 1.57. The average Bonchev–Trinajstić information content (AvgIpc) is 2.53. The van der Waals surface area contributed by atoms with E-state index >= 15 is 0 Å². The number of hydrogen-bond donors (Lipinski definition) is 1. The molecule has 0 radical (unpaired) electrons. The first-order valence-electron chi connectivity index (χ1n) is 4.02. The topological polar surface area (TPSA) is 29.9 Å². The van der Waals surface area contributed by atoms with Crippen LogP contribution in [-0.4, -0.2) is 16.3 Å². The number of aryl methyl sites for hydroxylation is 1. The van der Waals surface area contributed by atoms with E-state index in [9.17, 15) is 0 Å². The summed E-state index contributed by atoms with van der Waals surface area (Å²) in [5, 5.41) is 7.24.